The van der Waals surface area contributed by atoms with Crippen molar-refractivity contribution in [1.82, 2.24) is 0 Å². The second-order valence-corrected chi connectivity index (χ2v) is 37.3. The van der Waals surface area contributed by atoms with Gasteiger partial charge in [0.1, 0.15) is 67.0 Å². The van der Waals surface area contributed by atoms with Crippen molar-refractivity contribution in [2.75, 3.05) is 14.7 Å². The third-order valence-corrected chi connectivity index (χ3v) is 29.2. The molecule has 2 atom stereocenters. The van der Waals surface area contributed by atoms with E-state index in [1.165, 1.54) is 71.1 Å². The van der Waals surface area contributed by atoms with Crippen LogP contribution in [0.5, 0.6) is 0 Å². The Hall–Kier alpha value is -17.4. The molecule has 0 aliphatic carbocycles. The number of fused-ring (bicyclic) bond motifs is 27. The first-order chi connectivity index (χ1) is 67.6. The van der Waals surface area contributed by atoms with Crippen molar-refractivity contribution in [2.45, 2.75) is 51.9 Å². The van der Waals surface area contributed by atoms with Gasteiger partial charge in [0.15, 0.2) is 0 Å². The minimum Gasteiger partial charge on any atom is -0.456 e. The molecule has 648 valence electrons. The topological polar surface area (TPSA) is 88.6 Å². The number of rotatable bonds is 17. The monoisotopic (exact) mass is 1760 g/mol. The fourth-order valence-electron chi connectivity index (χ4n) is 22.4. The lowest BCUT2D eigenvalue weighted by Crippen LogP contribution is -2.10. The Morgan fingerprint density at radius 2 is 0.445 bits per heavy atom. The molecule has 0 saturated carbocycles. The summed E-state index contributed by atoms with van der Waals surface area (Å²) in [4.78, 5) is 7.12. The van der Waals surface area contributed by atoms with Crippen LogP contribution in [0.15, 0.2) is 439 Å². The molecule has 0 saturated heterocycles. The maximum atomic E-state index is 6.97. The van der Waals surface area contributed by atoms with E-state index < -0.39 is 0 Å². The van der Waals surface area contributed by atoms with Crippen molar-refractivity contribution in [1.29, 1.82) is 0 Å². The summed E-state index contributed by atoms with van der Waals surface area (Å²) in [5.74, 6) is 0.351. The minimum absolute atomic E-state index is 0.174. The second-order valence-electron chi connectivity index (χ2n) is 37.3. The van der Waals surface area contributed by atoms with Gasteiger partial charge in [-0.25, -0.2) is 0 Å². The second kappa shape index (κ2) is 30.8. The van der Waals surface area contributed by atoms with E-state index >= 15 is 0 Å². The maximum absolute atomic E-state index is 6.97. The van der Waals surface area contributed by atoms with Crippen molar-refractivity contribution >= 4 is 247 Å². The molecule has 0 radical (unpaired) electrons. The molecular weight excluding hydrogens is 1680 g/mol. The van der Waals surface area contributed by atoms with Crippen molar-refractivity contribution in [3.63, 3.8) is 0 Å². The van der Waals surface area contributed by atoms with Crippen LogP contribution in [-0.4, -0.2) is 0 Å². The molecule has 2 unspecified atom stereocenters. The van der Waals surface area contributed by atoms with Crippen LogP contribution >= 0.6 is 0 Å². The van der Waals surface area contributed by atoms with Gasteiger partial charge in [0, 0.05) is 151 Å². The van der Waals surface area contributed by atoms with Crippen LogP contribution in [-0.2, 0) is 19.3 Å². The third-order valence-electron chi connectivity index (χ3n) is 29.2. The van der Waals surface area contributed by atoms with E-state index in [1.807, 2.05) is 0 Å². The van der Waals surface area contributed by atoms with E-state index in [-0.39, 0.29) is 11.8 Å². The fraction of sp³-hybridized carbons (Fsp3) is 0.0625. The molecule has 9 nitrogen and oxygen atoms in total. The molecule has 0 bridgehead atoms. The number of furan rings is 6. The van der Waals surface area contributed by atoms with Crippen molar-refractivity contribution in [2.24, 2.45) is 0 Å². The number of hydrogen-bond donors (Lipinski definition) is 0. The summed E-state index contributed by atoms with van der Waals surface area (Å²) >= 11 is 0. The zero-order valence-corrected chi connectivity index (χ0v) is 75.3. The molecule has 6 heterocycles. The van der Waals surface area contributed by atoms with Crippen LogP contribution in [0, 0.1) is 0 Å². The summed E-state index contributed by atoms with van der Waals surface area (Å²) in [6.07, 6.45) is 2.60. The molecule has 6 aromatic heterocycles. The summed E-state index contributed by atoms with van der Waals surface area (Å²) in [6, 6.07) is 150. The Bertz CT molecular complexity index is 9910. The van der Waals surface area contributed by atoms with E-state index in [4.69, 9.17) is 26.5 Å². The summed E-state index contributed by atoms with van der Waals surface area (Å²) in [5, 5.41) is 27.1. The molecular formula is C128H85N3O6. The Balaban J connectivity index is 0.474. The number of hydrogen-bond acceptors (Lipinski definition) is 9. The van der Waals surface area contributed by atoms with E-state index in [0.717, 1.165) is 235 Å². The van der Waals surface area contributed by atoms with Gasteiger partial charge in [-0.15, -0.1) is 0 Å². The molecule has 9 heteroatoms. The molecule has 22 aromatic carbocycles. The van der Waals surface area contributed by atoms with Crippen LogP contribution in [0.1, 0.15) is 60.4 Å². The van der Waals surface area contributed by atoms with Crippen LogP contribution in [0.2, 0.25) is 0 Å². The average Bonchev–Trinajstić information content (AvgIpc) is 1.71. The molecule has 0 N–H and O–H groups in total. The molecule has 28 aromatic rings. The standard InChI is InChI=1S/C128H85N3O6/c1-4-77-34-52-117-108(60-77)102-46-40-87(69-123(102)132-117)129(114-66-84-22-8-11-25-93(84)96-28-14-17-31-99(96)114)88-41-47-103-109-61-78(35-53-118(109)133-124(103)70-88)58-75(2)81-37-55-120-111(63-81)105-49-43-90(72-126(105)135-120)130(115-67-85-23-9-12-26-94(85)97-29-15-18-32-100(97)115)89-42-48-104-110-62-79(36-54-119(110)134-125(104)71-89)59-76(3)82-38-56-121-112(64-82)106-50-44-91(73-127(106)136-121)131(116-68-86-24-10-13-27-95(86)98-30-16-19-33-101(98)116)92-45-51-107-113-65-83(80-20-6-5-7-21-80)39-57-122(113)137-128(107)74-92/h5-57,60-76H,4,58-59H2,1-3H3. The van der Waals surface area contributed by atoms with Crippen molar-refractivity contribution in [3.8, 4) is 11.1 Å². The van der Waals surface area contributed by atoms with Crippen LogP contribution in [0.25, 0.3) is 207 Å². The molecule has 0 fully saturated rings. The first-order valence-corrected chi connectivity index (χ1v) is 47.5. The highest BCUT2D eigenvalue weighted by atomic mass is 16.3. The van der Waals surface area contributed by atoms with Gasteiger partial charge in [0.2, 0.25) is 0 Å². The third kappa shape index (κ3) is 12.8. The van der Waals surface area contributed by atoms with Gasteiger partial charge < -0.3 is 41.2 Å². The van der Waals surface area contributed by atoms with E-state index in [2.05, 4.69) is 448 Å². The largest absolute Gasteiger partial charge is 0.456 e. The molecule has 28 rings (SSSR count). The first-order valence-electron chi connectivity index (χ1n) is 47.5. The highest BCUT2D eigenvalue weighted by molar-refractivity contribution is 6.21. The SMILES string of the molecule is CCc1ccc2oc3cc(N(c4ccc5c(c4)oc4ccc(CC(C)c6ccc7oc8cc(N(c9ccc%10c(c9)oc9ccc(CC(C)c%11ccc%12oc%13cc(N(c%14ccc%15c(c%14)oc%14ccc(-c%16ccccc%16)cc%14%15)c%14cc%15ccccc%15c%15ccccc%14%15)ccc%13c%12c%11)cc9%10)c9cc%10ccccc%10c%10ccccc9%10)ccc8c7c6)cc45)c4cc5ccccc5c5ccccc45)ccc3c2c1. The summed E-state index contributed by atoms with van der Waals surface area (Å²) in [5.41, 5.74) is 27.7. The van der Waals surface area contributed by atoms with E-state index in [9.17, 15) is 0 Å². The maximum Gasteiger partial charge on any atom is 0.137 e. The highest BCUT2D eigenvalue weighted by Gasteiger charge is 2.28. The summed E-state index contributed by atoms with van der Waals surface area (Å²) in [7, 11) is 0. The Morgan fingerprint density at radius 3 is 0.774 bits per heavy atom. The predicted octanol–water partition coefficient (Wildman–Crippen LogP) is 37.3. The molecule has 0 aliphatic rings. The molecule has 0 amide bonds. The number of anilines is 9. The highest BCUT2D eigenvalue weighted by Crippen LogP contribution is 2.52. The van der Waals surface area contributed by atoms with Gasteiger partial charge in [0.25, 0.3) is 0 Å². The van der Waals surface area contributed by atoms with Gasteiger partial charge in [-0.2, -0.15) is 0 Å². The smallest absolute Gasteiger partial charge is 0.137 e. The lowest BCUT2D eigenvalue weighted by molar-refractivity contribution is 0.667. The number of nitrogens with zero attached hydrogens (tertiary/aromatic N) is 3. The summed E-state index contributed by atoms with van der Waals surface area (Å²) in [6.45, 7) is 6.86. The first kappa shape index (κ1) is 78.3. The molecule has 0 aliphatic heterocycles. The van der Waals surface area contributed by atoms with Gasteiger partial charge in [-0.1, -0.05) is 233 Å². The minimum atomic E-state index is 0.174. The van der Waals surface area contributed by atoms with E-state index in [0.29, 0.717) is 0 Å². The number of benzene rings is 22. The Kier molecular flexibility index (Phi) is 17.6. The predicted molar refractivity (Wildman–Crippen MR) is 571 cm³/mol. The normalized spacial score (nSPS) is 12.7. The average molecular weight is 1760 g/mol. The van der Waals surface area contributed by atoms with Gasteiger partial charge in [0.05, 0.1) is 17.1 Å². The summed E-state index contributed by atoms with van der Waals surface area (Å²) < 4.78 is 41.1. The molecule has 0 spiro atoms. The van der Waals surface area contributed by atoms with Crippen molar-refractivity contribution in [3.05, 3.63) is 440 Å². The van der Waals surface area contributed by atoms with Crippen molar-refractivity contribution < 1.29 is 26.5 Å². The molecule has 137 heavy (non-hydrogen) atoms. The van der Waals surface area contributed by atoms with Crippen LogP contribution in [0.4, 0.5) is 51.2 Å². The quantitative estimate of drug-likeness (QED) is 0.0827. The fourth-order valence-corrected chi connectivity index (χ4v) is 22.4. The Morgan fingerprint density at radius 1 is 0.182 bits per heavy atom. The Labute approximate surface area is 786 Å². The van der Waals surface area contributed by atoms with Crippen LogP contribution < -0.4 is 14.7 Å². The van der Waals surface area contributed by atoms with Gasteiger partial charge >= 0.3 is 0 Å². The zero-order chi connectivity index (χ0) is 90.4. The lowest BCUT2D eigenvalue weighted by Gasteiger charge is -2.27. The van der Waals surface area contributed by atoms with E-state index in [1.54, 1.807) is 0 Å². The van der Waals surface area contributed by atoms with Gasteiger partial charge in [-0.3, -0.25) is 0 Å². The lowest BCUT2D eigenvalue weighted by atomic mass is 9.92. The van der Waals surface area contributed by atoms with Crippen LogP contribution in [0.3, 0.4) is 0 Å². The number of aryl methyl sites for hydroxylation is 1. The zero-order valence-electron chi connectivity index (χ0n) is 75.3. The van der Waals surface area contributed by atoms with Gasteiger partial charge in [-0.05, 0) is 282 Å².